The summed E-state index contributed by atoms with van der Waals surface area (Å²) in [6.07, 6.45) is 1.67. The van der Waals surface area contributed by atoms with Crippen molar-refractivity contribution in [1.82, 2.24) is 10.3 Å². The van der Waals surface area contributed by atoms with E-state index in [1.165, 1.54) is 0 Å². The summed E-state index contributed by atoms with van der Waals surface area (Å²) < 4.78 is 5.65. The first-order valence-electron chi connectivity index (χ1n) is 5.10. The normalized spacial score (nSPS) is 24.1. The molecule has 0 unspecified atom stereocenters. The topological polar surface area (TPSA) is 37.4 Å². The molecule has 1 saturated heterocycles. The lowest BCUT2D eigenvalue weighted by atomic mass is 10.1. The maximum absolute atomic E-state index is 5.88. The van der Waals surface area contributed by atoms with Crippen LogP contribution in [-0.4, -0.2) is 37.3 Å². The summed E-state index contributed by atoms with van der Waals surface area (Å²) in [5.74, 6) is 1.73. The summed E-state index contributed by atoms with van der Waals surface area (Å²) >= 11 is 5.88. The Balaban J connectivity index is 1.99. The second kappa shape index (κ2) is 3.54. The van der Waals surface area contributed by atoms with Crippen LogP contribution in [0.25, 0.3) is 0 Å². The number of piperazine rings is 1. The number of ether oxygens (including phenoxy) is 1. The fourth-order valence-corrected chi connectivity index (χ4v) is 2.26. The molecule has 2 aliphatic heterocycles. The van der Waals surface area contributed by atoms with Gasteiger partial charge in [0.2, 0.25) is 0 Å². The first-order chi connectivity index (χ1) is 7.34. The number of anilines is 1. The van der Waals surface area contributed by atoms with Crippen LogP contribution in [0.2, 0.25) is 5.02 Å². The van der Waals surface area contributed by atoms with Gasteiger partial charge in [0.15, 0.2) is 11.6 Å². The Morgan fingerprint density at radius 2 is 2.53 bits per heavy atom. The minimum absolute atomic E-state index is 0.403. The van der Waals surface area contributed by atoms with Crippen LogP contribution in [0.3, 0.4) is 0 Å². The quantitative estimate of drug-likeness (QED) is 0.712. The predicted octanol–water partition coefficient (Wildman–Crippen LogP) is 0.906. The van der Waals surface area contributed by atoms with Gasteiger partial charge >= 0.3 is 0 Å². The summed E-state index contributed by atoms with van der Waals surface area (Å²) in [6, 6.07) is 2.24. The van der Waals surface area contributed by atoms with Crippen LogP contribution >= 0.6 is 11.6 Å². The third kappa shape index (κ3) is 1.54. The van der Waals surface area contributed by atoms with Crippen molar-refractivity contribution < 1.29 is 4.74 Å². The zero-order valence-electron chi connectivity index (χ0n) is 8.24. The number of nitrogens with zero attached hydrogens (tertiary/aromatic N) is 2. The van der Waals surface area contributed by atoms with Crippen molar-refractivity contribution in [1.29, 1.82) is 0 Å². The monoisotopic (exact) mass is 225 g/mol. The van der Waals surface area contributed by atoms with E-state index in [1.54, 1.807) is 6.20 Å². The first kappa shape index (κ1) is 9.24. The smallest absolute Gasteiger partial charge is 0.171 e. The fraction of sp³-hybridized carbons (Fsp3) is 0.500. The van der Waals surface area contributed by atoms with Crippen molar-refractivity contribution in [3.63, 3.8) is 0 Å². The summed E-state index contributed by atoms with van der Waals surface area (Å²) in [5.41, 5.74) is 0. The summed E-state index contributed by atoms with van der Waals surface area (Å²) in [4.78, 5) is 6.64. The molecule has 80 valence electrons. The number of hydrogen-bond donors (Lipinski definition) is 1. The molecule has 0 bridgehead atoms. The summed E-state index contributed by atoms with van der Waals surface area (Å²) in [6.45, 7) is 3.65. The van der Waals surface area contributed by atoms with E-state index in [0.29, 0.717) is 17.7 Å². The van der Waals surface area contributed by atoms with Crippen LogP contribution in [0, 0.1) is 0 Å². The molecule has 0 radical (unpaired) electrons. The van der Waals surface area contributed by atoms with Crippen LogP contribution in [0.15, 0.2) is 12.3 Å². The van der Waals surface area contributed by atoms with Crippen LogP contribution in [0.5, 0.6) is 5.75 Å². The number of halogens is 1. The van der Waals surface area contributed by atoms with E-state index in [2.05, 4.69) is 15.2 Å². The first-order valence-corrected chi connectivity index (χ1v) is 5.48. The van der Waals surface area contributed by atoms with Gasteiger partial charge in [-0.2, -0.15) is 0 Å². The Kier molecular flexibility index (Phi) is 2.18. The lowest BCUT2D eigenvalue weighted by Gasteiger charge is -2.40. The molecule has 15 heavy (non-hydrogen) atoms. The van der Waals surface area contributed by atoms with E-state index in [4.69, 9.17) is 16.3 Å². The van der Waals surface area contributed by atoms with Crippen molar-refractivity contribution in [3.8, 4) is 5.75 Å². The van der Waals surface area contributed by atoms with Crippen molar-refractivity contribution in [2.24, 2.45) is 0 Å². The molecule has 1 fully saturated rings. The maximum atomic E-state index is 5.88. The highest BCUT2D eigenvalue weighted by atomic mass is 35.5. The third-order valence-corrected chi connectivity index (χ3v) is 3.06. The van der Waals surface area contributed by atoms with Gasteiger partial charge in [-0.1, -0.05) is 11.6 Å². The predicted molar refractivity (Wildman–Crippen MR) is 58.7 cm³/mol. The Morgan fingerprint density at radius 1 is 1.60 bits per heavy atom. The number of pyridine rings is 1. The highest BCUT2D eigenvalue weighted by Gasteiger charge is 2.30. The molecule has 1 aromatic rings. The molecule has 2 aliphatic rings. The standard InChI is InChI=1S/C10H12ClN3O/c11-7-3-9-10(13-4-7)14-2-1-12-5-8(14)6-15-9/h3-4,8,12H,1-2,5-6H2/t8-/m0/s1. The highest BCUT2D eigenvalue weighted by molar-refractivity contribution is 6.30. The van der Waals surface area contributed by atoms with E-state index in [-0.39, 0.29) is 0 Å². The second-order valence-electron chi connectivity index (χ2n) is 3.84. The van der Waals surface area contributed by atoms with Gasteiger partial charge in [0.1, 0.15) is 6.61 Å². The van der Waals surface area contributed by atoms with Crippen LogP contribution in [-0.2, 0) is 0 Å². The van der Waals surface area contributed by atoms with E-state index < -0.39 is 0 Å². The number of nitrogens with one attached hydrogen (secondary N) is 1. The van der Waals surface area contributed by atoms with Crippen molar-refractivity contribution >= 4 is 17.4 Å². The van der Waals surface area contributed by atoms with Gasteiger partial charge < -0.3 is 15.0 Å². The molecule has 0 aliphatic carbocycles. The van der Waals surface area contributed by atoms with Crippen molar-refractivity contribution in [2.45, 2.75) is 6.04 Å². The number of rotatable bonds is 0. The molecule has 0 amide bonds. The van der Waals surface area contributed by atoms with Gasteiger partial charge in [-0.25, -0.2) is 4.98 Å². The molecular formula is C10H12ClN3O. The molecule has 1 atom stereocenters. The number of aromatic nitrogens is 1. The molecule has 3 rings (SSSR count). The SMILES string of the molecule is Clc1cnc2c(c1)OC[C@@H]1CNCCN21. The lowest BCUT2D eigenvalue weighted by Crippen LogP contribution is -2.56. The molecule has 0 aromatic carbocycles. The lowest BCUT2D eigenvalue weighted by molar-refractivity contribution is 0.244. The minimum Gasteiger partial charge on any atom is -0.487 e. The van der Waals surface area contributed by atoms with Crippen LogP contribution < -0.4 is 15.0 Å². The van der Waals surface area contributed by atoms with E-state index in [9.17, 15) is 0 Å². The average molecular weight is 226 g/mol. The molecular weight excluding hydrogens is 214 g/mol. The second-order valence-corrected chi connectivity index (χ2v) is 4.27. The molecule has 3 heterocycles. The van der Waals surface area contributed by atoms with Gasteiger partial charge in [-0.3, -0.25) is 0 Å². The van der Waals surface area contributed by atoms with Gasteiger partial charge in [0.05, 0.1) is 11.1 Å². The molecule has 4 nitrogen and oxygen atoms in total. The van der Waals surface area contributed by atoms with Crippen LogP contribution in [0.4, 0.5) is 5.82 Å². The van der Waals surface area contributed by atoms with E-state index in [0.717, 1.165) is 31.2 Å². The van der Waals surface area contributed by atoms with Crippen molar-refractivity contribution in [2.75, 3.05) is 31.1 Å². The van der Waals surface area contributed by atoms with Gasteiger partial charge in [0.25, 0.3) is 0 Å². The molecule has 0 spiro atoms. The van der Waals surface area contributed by atoms with E-state index in [1.807, 2.05) is 6.07 Å². The Bertz CT molecular complexity index is 385. The Hall–Kier alpha value is -1.00. The number of fused-ring (bicyclic) bond motifs is 3. The number of hydrogen-bond acceptors (Lipinski definition) is 4. The zero-order chi connectivity index (χ0) is 10.3. The summed E-state index contributed by atoms with van der Waals surface area (Å²) in [7, 11) is 0. The van der Waals surface area contributed by atoms with Gasteiger partial charge in [0, 0.05) is 31.9 Å². The molecule has 5 heteroatoms. The fourth-order valence-electron chi connectivity index (χ4n) is 2.11. The molecule has 1 aromatic heterocycles. The van der Waals surface area contributed by atoms with E-state index >= 15 is 0 Å². The average Bonchev–Trinajstić information content (AvgIpc) is 2.28. The molecule has 0 saturated carbocycles. The Labute approximate surface area is 93.2 Å². The minimum atomic E-state index is 0.403. The Morgan fingerprint density at radius 3 is 3.47 bits per heavy atom. The highest BCUT2D eigenvalue weighted by Crippen LogP contribution is 2.33. The largest absolute Gasteiger partial charge is 0.487 e. The summed E-state index contributed by atoms with van der Waals surface area (Å²) in [5, 5.41) is 3.98. The maximum Gasteiger partial charge on any atom is 0.171 e. The van der Waals surface area contributed by atoms with Crippen LogP contribution in [0.1, 0.15) is 0 Å². The third-order valence-electron chi connectivity index (χ3n) is 2.85. The molecule has 1 N–H and O–H groups in total. The van der Waals surface area contributed by atoms with Gasteiger partial charge in [-0.05, 0) is 0 Å². The van der Waals surface area contributed by atoms with Gasteiger partial charge in [-0.15, -0.1) is 0 Å². The zero-order valence-corrected chi connectivity index (χ0v) is 9.00. The van der Waals surface area contributed by atoms with Crippen molar-refractivity contribution in [3.05, 3.63) is 17.3 Å².